The zero-order chi connectivity index (χ0) is 27.3. The van der Waals surface area contributed by atoms with Crippen LogP contribution in [0.25, 0.3) is 23.0 Å². The van der Waals surface area contributed by atoms with Crippen molar-refractivity contribution in [1.82, 2.24) is 9.78 Å². The normalized spacial score (nSPS) is 14.1. The predicted molar refractivity (Wildman–Crippen MR) is 165 cm³/mol. The minimum absolute atomic E-state index is 0.172. The first-order chi connectivity index (χ1) is 19.7. The van der Waals surface area contributed by atoms with Crippen LogP contribution >= 0.6 is 11.8 Å². The highest BCUT2D eigenvalue weighted by atomic mass is 32.2. The van der Waals surface area contributed by atoms with Crippen molar-refractivity contribution < 1.29 is 4.79 Å². The van der Waals surface area contributed by atoms with Gasteiger partial charge in [-0.1, -0.05) is 85.8 Å². The summed E-state index contributed by atoms with van der Waals surface area (Å²) < 4.78 is 1.87. The Labute approximate surface area is 238 Å². The van der Waals surface area contributed by atoms with Gasteiger partial charge in [0.15, 0.2) is 0 Å². The molecule has 1 aromatic heterocycles. The zero-order valence-corrected chi connectivity index (χ0v) is 23.0. The molecule has 196 valence electrons. The molecule has 0 radical (unpaired) electrons. The second-order valence-corrected chi connectivity index (χ2v) is 10.6. The average Bonchev–Trinajstić information content (AvgIpc) is 3.59. The number of anilines is 1. The van der Waals surface area contributed by atoms with Gasteiger partial charge >= 0.3 is 0 Å². The fourth-order valence-electron chi connectivity index (χ4n) is 4.61. The molecular formula is C34H28N4OS. The molecular weight excluding hydrogens is 512 g/mol. The Balaban J connectivity index is 1.48. The number of benzene rings is 4. The second kappa shape index (κ2) is 11.6. The molecule has 5 nitrogen and oxygen atoms in total. The molecule has 6 heteroatoms. The Morgan fingerprint density at radius 3 is 2.02 bits per heavy atom. The summed E-state index contributed by atoms with van der Waals surface area (Å²) >= 11 is 1.85. The SMILES string of the molecule is CCCSc1ccc(-c2nn(-c3ccccc3)cc2C=C2C(=O)N(c3ccccc3)N=C2c2ccccc2)cc1. The van der Waals surface area contributed by atoms with Gasteiger partial charge < -0.3 is 0 Å². The monoisotopic (exact) mass is 540 g/mol. The molecule has 1 aliphatic rings. The van der Waals surface area contributed by atoms with Gasteiger partial charge in [-0.25, -0.2) is 4.68 Å². The van der Waals surface area contributed by atoms with Crippen LogP contribution in [-0.2, 0) is 4.79 Å². The third-order valence-electron chi connectivity index (χ3n) is 6.59. The second-order valence-electron chi connectivity index (χ2n) is 9.41. The summed E-state index contributed by atoms with van der Waals surface area (Å²) in [7, 11) is 0. The predicted octanol–water partition coefficient (Wildman–Crippen LogP) is 7.88. The Morgan fingerprint density at radius 1 is 0.750 bits per heavy atom. The summed E-state index contributed by atoms with van der Waals surface area (Å²) in [5.74, 6) is 0.913. The van der Waals surface area contributed by atoms with Crippen LogP contribution < -0.4 is 5.01 Å². The first kappa shape index (κ1) is 25.6. The third kappa shape index (κ3) is 5.26. The molecule has 0 saturated carbocycles. The molecule has 0 aliphatic carbocycles. The molecule has 4 aromatic carbocycles. The molecule has 1 aliphatic heterocycles. The van der Waals surface area contributed by atoms with Crippen molar-refractivity contribution in [2.24, 2.45) is 5.10 Å². The van der Waals surface area contributed by atoms with E-state index in [2.05, 4.69) is 31.2 Å². The number of amides is 1. The van der Waals surface area contributed by atoms with Crippen molar-refractivity contribution in [3.63, 3.8) is 0 Å². The molecule has 2 heterocycles. The maximum atomic E-state index is 13.9. The van der Waals surface area contributed by atoms with Crippen molar-refractivity contribution in [1.29, 1.82) is 0 Å². The summed E-state index contributed by atoms with van der Waals surface area (Å²) in [4.78, 5) is 15.1. The lowest BCUT2D eigenvalue weighted by atomic mass is 9.99. The van der Waals surface area contributed by atoms with E-state index in [1.165, 1.54) is 9.90 Å². The Kier molecular flexibility index (Phi) is 7.42. The lowest BCUT2D eigenvalue weighted by Gasteiger charge is -2.10. The molecule has 0 saturated heterocycles. The molecule has 6 rings (SSSR count). The summed E-state index contributed by atoms with van der Waals surface area (Å²) in [5, 5.41) is 11.3. The molecule has 0 unspecified atom stereocenters. The van der Waals surface area contributed by atoms with Gasteiger partial charge in [-0.2, -0.15) is 15.2 Å². The van der Waals surface area contributed by atoms with E-state index >= 15 is 0 Å². The van der Waals surface area contributed by atoms with Crippen LogP contribution in [0.1, 0.15) is 24.5 Å². The summed E-state index contributed by atoms with van der Waals surface area (Å²) in [6.07, 6.45) is 5.04. The quantitative estimate of drug-likeness (QED) is 0.149. The van der Waals surface area contributed by atoms with E-state index in [4.69, 9.17) is 10.2 Å². The highest BCUT2D eigenvalue weighted by Crippen LogP contribution is 2.32. The molecule has 1 amide bonds. The van der Waals surface area contributed by atoms with Gasteiger partial charge in [0.05, 0.1) is 22.6 Å². The van der Waals surface area contributed by atoms with Crippen LogP contribution in [0, 0.1) is 0 Å². The summed E-state index contributed by atoms with van der Waals surface area (Å²) in [6.45, 7) is 2.19. The lowest BCUT2D eigenvalue weighted by molar-refractivity contribution is -0.114. The maximum Gasteiger partial charge on any atom is 0.281 e. The number of rotatable bonds is 8. The maximum absolute atomic E-state index is 13.9. The number of para-hydroxylation sites is 2. The van der Waals surface area contributed by atoms with Crippen molar-refractivity contribution in [3.8, 4) is 16.9 Å². The van der Waals surface area contributed by atoms with Gasteiger partial charge in [-0.3, -0.25) is 4.79 Å². The molecule has 0 fully saturated rings. The lowest BCUT2D eigenvalue weighted by Crippen LogP contribution is -2.21. The van der Waals surface area contributed by atoms with Crippen LogP contribution in [0.15, 0.2) is 137 Å². The van der Waals surface area contributed by atoms with Gasteiger partial charge in [-0.05, 0) is 54.6 Å². The molecule has 40 heavy (non-hydrogen) atoms. The highest BCUT2D eigenvalue weighted by Gasteiger charge is 2.32. The number of hydrazone groups is 1. The molecule has 0 bridgehead atoms. The van der Waals surface area contributed by atoms with Crippen LogP contribution in [0.4, 0.5) is 5.69 Å². The number of hydrogen-bond donors (Lipinski definition) is 0. The van der Waals surface area contributed by atoms with Crippen LogP contribution in [0.2, 0.25) is 0 Å². The Bertz CT molecular complexity index is 1680. The number of carbonyl (C=O) groups is 1. The Hall–Kier alpha value is -4.68. The van der Waals surface area contributed by atoms with Crippen molar-refractivity contribution in [2.45, 2.75) is 18.2 Å². The molecule has 0 spiro atoms. The number of hydrogen-bond acceptors (Lipinski definition) is 4. The third-order valence-corrected chi connectivity index (χ3v) is 7.81. The average molecular weight is 541 g/mol. The largest absolute Gasteiger partial charge is 0.281 e. The van der Waals surface area contributed by atoms with Gasteiger partial charge in [-0.15, -0.1) is 11.8 Å². The standard InChI is InChI=1S/C34H28N4OS/c1-2-22-40-30-20-18-26(19-21-30)32-27(24-37(35-32)28-14-8-4-9-15-28)23-31-33(25-12-6-3-7-13-25)36-38(34(31)39)29-16-10-5-11-17-29/h3-21,23-24H,2,22H2,1H3. The minimum atomic E-state index is -0.172. The van der Waals surface area contributed by atoms with E-state index in [0.29, 0.717) is 11.3 Å². The number of thioether (sulfide) groups is 1. The summed E-state index contributed by atoms with van der Waals surface area (Å²) in [6, 6.07) is 37.9. The van der Waals surface area contributed by atoms with E-state index < -0.39 is 0 Å². The number of nitrogens with zero attached hydrogens (tertiary/aromatic N) is 4. The first-order valence-corrected chi connectivity index (χ1v) is 14.3. The fourth-order valence-corrected chi connectivity index (χ4v) is 5.38. The molecule has 0 N–H and O–H groups in total. The van der Waals surface area contributed by atoms with Crippen LogP contribution in [0.3, 0.4) is 0 Å². The molecule has 0 atom stereocenters. The van der Waals surface area contributed by atoms with Crippen molar-refractivity contribution in [2.75, 3.05) is 10.8 Å². The zero-order valence-electron chi connectivity index (χ0n) is 22.1. The number of carbonyl (C=O) groups excluding carboxylic acids is 1. The van der Waals surface area contributed by atoms with Gasteiger partial charge in [0.25, 0.3) is 5.91 Å². The van der Waals surface area contributed by atoms with E-state index in [1.54, 1.807) is 0 Å². The van der Waals surface area contributed by atoms with Gasteiger partial charge in [0.1, 0.15) is 5.71 Å². The van der Waals surface area contributed by atoms with E-state index in [9.17, 15) is 4.79 Å². The van der Waals surface area contributed by atoms with E-state index in [-0.39, 0.29) is 5.91 Å². The van der Waals surface area contributed by atoms with E-state index in [1.807, 2.05) is 120 Å². The van der Waals surface area contributed by atoms with Crippen LogP contribution in [0.5, 0.6) is 0 Å². The first-order valence-electron chi connectivity index (χ1n) is 13.3. The smallest absolute Gasteiger partial charge is 0.267 e. The van der Waals surface area contributed by atoms with Gasteiger partial charge in [0, 0.05) is 27.8 Å². The highest BCUT2D eigenvalue weighted by molar-refractivity contribution is 7.99. The summed E-state index contributed by atoms with van der Waals surface area (Å²) in [5.41, 5.74) is 6.37. The Morgan fingerprint density at radius 2 is 1.38 bits per heavy atom. The van der Waals surface area contributed by atoms with Gasteiger partial charge in [0.2, 0.25) is 0 Å². The number of aromatic nitrogens is 2. The minimum Gasteiger partial charge on any atom is -0.267 e. The molecule has 5 aromatic rings. The fraction of sp³-hybridized carbons (Fsp3) is 0.0882. The van der Waals surface area contributed by atoms with Crippen molar-refractivity contribution >= 4 is 35.1 Å². The topological polar surface area (TPSA) is 50.5 Å². The van der Waals surface area contributed by atoms with Crippen molar-refractivity contribution in [3.05, 3.63) is 138 Å². The van der Waals surface area contributed by atoms with Crippen LogP contribution in [-0.4, -0.2) is 27.2 Å². The van der Waals surface area contributed by atoms with E-state index in [0.717, 1.165) is 45.9 Å².